The zero-order chi connectivity index (χ0) is 8.10. The van der Waals surface area contributed by atoms with Crippen molar-refractivity contribution in [1.29, 1.82) is 0 Å². The van der Waals surface area contributed by atoms with Crippen molar-refractivity contribution in [2.24, 2.45) is 0 Å². The lowest BCUT2D eigenvalue weighted by Gasteiger charge is -2.23. The third-order valence-corrected chi connectivity index (χ3v) is 6.40. The number of halogens is 1. The summed E-state index contributed by atoms with van der Waals surface area (Å²) in [6.07, 6.45) is 6.91. The SMILES string of the molecule is [2H]CC[SiH](Cl)C1CCCCC1. The maximum atomic E-state index is 7.10. The first kappa shape index (κ1) is 7.17. The van der Waals surface area contributed by atoms with Crippen molar-refractivity contribution in [2.75, 3.05) is 0 Å². The van der Waals surface area contributed by atoms with Crippen molar-refractivity contribution in [3.63, 3.8) is 0 Å². The van der Waals surface area contributed by atoms with Crippen molar-refractivity contribution >= 4 is 19.2 Å². The quantitative estimate of drug-likeness (QED) is 0.449. The van der Waals surface area contributed by atoms with Gasteiger partial charge < -0.3 is 0 Å². The van der Waals surface area contributed by atoms with E-state index in [0.717, 1.165) is 11.6 Å². The minimum absolute atomic E-state index is 0.552. The highest BCUT2D eigenvalue weighted by Gasteiger charge is 2.21. The maximum absolute atomic E-state index is 7.10. The van der Waals surface area contributed by atoms with Gasteiger partial charge in [-0.3, -0.25) is 0 Å². The van der Waals surface area contributed by atoms with E-state index < -0.39 is 8.11 Å². The Labute approximate surface area is 71.7 Å². The molecule has 1 saturated carbocycles. The summed E-state index contributed by atoms with van der Waals surface area (Å²) in [6.45, 7) is 0.552. The fraction of sp³-hybridized carbons (Fsp3) is 1.00. The number of rotatable bonds is 2. The van der Waals surface area contributed by atoms with Crippen LogP contribution in [0.15, 0.2) is 0 Å². The van der Waals surface area contributed by atoms with E-state index in [2.05, 4.69) is 0 Å². The smallest absolute Gasteiger partial charge is 0.143 e. The molecule has 0 N–H and O–H groups in total. The lowest BCUT2D eigenvalue weighted by Crippen LogP contribution is -2.15. The largest absolute Gasteiger partial charge is 0.171 e. The van der Waals surface area contributed by atoms with Gasteiger partial charge in [0.05, 0.1) is 0 Å². The van der Waals surface area contributed by atoms with Crippen molar-refractivity contribution in [3.8, 4) is 0 Å². The first-order valence-electron chi connectivity index (χ1n) is 4.98. The highest BCUT2D eigenvalue weighted by atomic mass is 35.6. The molecule has 0 aromatic heterocycles. The Balaban J connectivity index is 2.21. The molecule has 0 heterocycles. The predicted molar refractivity (Wildman–Crippen MR) is 50.3 cm³/mol. The van der Waals surface area contributed by atoms with E-state index in [1.807, 2.05) is 0 Å². The predicted octanol–water partition coefficient (Wildman–Crippen LogP) is 3.30. The zero-order valence-electron chi connectivity index (χ0n) is 7.48. The van der Waals surface area contributed by atoms with Crippen LogP contribution in [0.4, 0.5) is 0 Å². The van der Waals surface area contributed by atoms with Gasteiger partial charge in [-0.25, -0.2) is 0 Å². The van der Waals surface area contributed by atoms with E-state index in [4.69, 9.17) is 12.4 Å². The van der Waals surface area contributed by atoms with Gasteiger partial charge in [-0.1, -0.05) is 39.0 Å². The molecule has 0 nitrogen and oxygen atoms in total. The van der Waals surface area contributed by atoms with Crippen molar-refractivity contribution in [3.05, 3.63) is 0 Å². The molecule has 0 aromatic carbocycles. The fourth-order valence-corrected chi connectivity index (χ4v) is 4.15. The van der Waals surface area contributed by atoms with Gasteiger partial charge in [-0.15, -0.1) is 0 Å². The molecule has 1 aliphatic carbocycles. The molecule has 0 saturated heterocycles. The first-order chi connectivity index (χ1) is 5.34. The summed E-state index contributed by atoms with van der Waals surface area (Å²) in [6, 6.07) is 1.02. The Morgan fingerprint density at radius 1 is 1.50 bits per heavy atom. The summed E-state index contributed by atoms with van der Waals surface area (Å²) in [5.41, 5.74) is 0.857. The van der Waals surface area contributed by atoms with Gasteiger partial charge in [0.15, 0.2) is 0 Å². The second-order valence-corrected chi connectivity index (χ2v) is 7.44. The molecular weight excluding hydrogens is 160 g/mol. The lowest BCUT2D eigenvalue weighted by molar-refractivity contribution is 0.498. The van der Waals surface area contributed by atoms with Gasteiger partial charge in [-0.05, 0) is 11.6 Å². The van der Waals surface area contributed by atoms with E-state index >= 15 is 0 Å². The average Bonchev–Trinajstić information content (AvgIpc) is 2.07. The molecule has 10 heavy (non-hydrogen) atoms. The molecule has 1 atom stereocenters. The molecule has 0 amide bonds. The number of hydrogen-bond acceptors (Lipinski definition) is 0. The summed E-state index contributed by atoms with van der Waals surface area (Å²) < 4.78 is 7.10. The molecule has 0 aromatic rings. The Morgan fingerprint density at radius 3 is 2.80 bits per heavy atom. The van der Waals surface area contributed by atoms with Crippen LogP contribution in [0, 0.1) is 0 Å². The van der Waals surface area contributed by atoms with Crippen molar-refractivity contribution in [2.45, 2.75) is 50.6 Å². The minimum Gasteiger partial charge on any atom is -0.171 e. The third kappa shape index (κ3) is 2.28. The minimum atomic E-state index is -0.999. The lowest BCUT2D eigenvalue weighted by atomic mass is 10.0. The Morgan fingerprint density at radius 2 is 2.20 bits per heavy atom. The third-order valence-electron chi connectivity index (χ3n) is 2.44. The molecule has 1 rings (SSSR count). The van der Waals surface area contributed by atoms with Gasteiger partial charge in [0.25, 0.3) is 0 Å². The second-order valence-electron chi connectivity index (χ2n) is 3.20. The highest BCUT2D eigenvalue weighted by Crippen LogP contribution is 2.33. The van der Waals surface area contributed by atoms with Crippen LogP contribution in [-0.4, -0.2) is 8.11 Å². The molecule has 60 valence electrons. The maximum Gasteiger partial charge on any atom is 0.143 e. The fourth-order valence-electron chi connectivity index (χ4n) is 1.73. The molecule has 0 spiro atoms. The Bertz CT molecular complexity index is 104. The summed E-state index contributed by atoms with van der Waals surface area (Å²) in [7, 11) is -0.999. The van der Waals surface area contributed by atoms with Crippen LogP contribution in [0.25, 0.3) is 0 Å². The molecule has 0 bridgehead atoms. The van der Waals surface area contributed by atoms with E-state index in [1.165, 1.54) is 32.1 Å². The molecule has 2 heteroatoms. The van der Waals surface area contributed by atoms with Gasteiger partial charge in [-0.2, -0.15) is 11.1 Å². The first-order valence-corrected chi connectivity index (χ1v) is 7.51. The van der Waals surface area contributed by atoms with Crippen LogP contribution < -0.4 is 0 Å². The Hall–Kier alpha value is 0.507. The van der Waals surface area contributed by atoms with Crippen LogP contribution >= 0.6 is 11.1 Å². The van der Waals surface area contributed by atoms with E-state index in [0.29, 0.717) is 6.90 Å². The van der Waals surface area contributed by atoms with Gasteiger partial charge in [0.1, 0.15) is 8.11 Å². The molecule has 0 aliphatic heterocycles. The molecular formula is C8H17ClSi. The summed E-state index contributed by atoms with van der Waals surface area (Å²) in [4.78, 5) is 0. The topological polar surface area (TPSA) is 0 Å². The Kier molecular flexibility index (Phi) is 3.15. The van der Waals surface area contributed by atoms with Crippen LogP contribution in [-0.2, 0) is 0 Å². The van der Waals surface area contributed by atoms with Crippen molar-refractivity contribution in [1.82, 2.24) is 0 Å². The standard InChI is InChI=1S/C8H17ClSi/c1-2-10(9)8-6-4-3-5-7-8/h8,10H,2-7H2,1H3/i1D. The molecule has 0 radical (unpaired) electrons. The van der Waals surface area contributed by atoms with E-state index in [9.17, 15) is 0 Å². The summed E-state index contributed by atoms with van der Waals surface area (Å²) in [5, 5.41) is 0. The summed E-state index contributed by atoms with van der Waals surface area (Å²) >= 11 is 6.28. The molecule has 1 unspecified atom stereocenters. The van der Waals surface area contributed by atoms with Gasteiger partial charge >= 0.3 is 0 Å². The molecule has 1 fully saturated rings. The van der Waals surface area contributed by atoms with Crippen LogP contribution in [0.1, 0.15) is 40.4 Å². The van der Waals surface area contributed by atoms with Crippen LogP contribution in [0.3, 0.4) is 0 Å². The van der Waals surface area contributed by atoms with Crippen LogP contribution in [0.2, 0.25) is 11.6 Å². The second kappa shape index (κ2) is 4.40. The van der Waals surface area contributed by atoms with Crippen molar-refractivity contribution < 1.29 is 1.37 Å². The van der Waals surface area contributed by atoms with Gasteiger partial charge in [0.2, 0.25) is 0 Å². The van der Waals surface area contributed by atoms with E-state index in [-0.39, 0.29) is 0 Å². The number of hydrogen-bond donors (Lipinski definition) is 0. The van der Waals surface area contributed by atoms with Gasteiger partial charge in [0, 0.05) is 1.37 Å². The monoisotopic (exact) mass is 177 g/mol. The average molecular weight is 178 g/mol. The normalized spacial score (nSPS) is 25.9. The molecule has 1 aliphatic rings. The highest BCUT2D eigenvalue weighted by molar-refractivity contribution is 7.07. The van der Waals surface area contributed by atoms with E-state index in [1.54, 1.807) is 0 Å². The summed E-state index contributed by atoms with van der Waals surface area (Å²) in [5.74, 6) is 0. The van der Waals surface area contributed by atoms with Crippen LogP contribution in [0.5, 0.6) is 0 Å². The zero-order valence-corrected chi connectivity index (χ0v) is 8.39.